The second-order valence-corrected chi connectivity index (χ2v) is 7.15. The molecule has 122 valence electrons. The van der Waals surface area contributed by atoms with E-state index in [0.29, 0.717) is 22.7 Å². The number of aliphatic carboxylic acids is 1. The minimum Gasteiger partial charge on any atom is -0.481 e. The largest absolute Gasteiger partial charge is 0.481 e. The molecule has 0 aromatic heterocycles. The van der Waals surface area contributed by atoms with Crippen molar-refractivity contribution in [2.75, 3.05) is 4.72 Å². The Morgan fingerprint density at radius 1 is 1.17 bits per heavy atom. The Balaban J connectivity index is 2.19. The van der Waals surface area contributed by atoms with Crippen molar-refractivity contribution in [3.8, 4) is 0 Å². The molecule has 0 saturated heterocycles. The molecule has 0 saturated carbocycles. The molecule has 0 fully saturated rings. The topological polar surface area (TPSA) is 83.5 Å². The Hall–Kier alpha value is -2.05. The number of benzene rings is 2. The zero-order valence-corrected chi connectivity index (χ0v) is 14.0. The van der Waals surface area contributed by atoms with Crippen molar-refractivity contribution in [1.82, 2.24) is 0 Å². The molecule has 5 nitrogen and oxygen atoms in total. The van der Waals surface area contributed by atoms with Gasteiger partial charge < -0.3 is 5.11 Å². The highest BCUT2D eigenvalue weighted by Gasteiger charge is 2.16. The first-order chi connectivity index (χ1) is 10.8. The summed E-state index contributed by atoms with van der Waals surface area (Å²) in [5.74, 6) is -0.889. The van der Waals surface area contributed by atoms with Gasteiger partial charge in [-0.2, -0.15) is 0 Å². The van der Waals surface area contributed by atoms with Gasteiger partial charge in [0, 0.05) is 11.4 Å². The molecule has 2 aromatic rings. The summed E-state index contributed by atoms with van der Waals surface area (Å²) in [5, 5.41) is 9.14. The fourth-order valence-electron chi connectivity index (χ4n) is 2.01. The average Bonchev–Trinajstić information content (AvgIpc) is 2.50. The Labute approximate surface area is 140 Å². The van der Waals surface area contributed by atoms with Gasteiger partial charge in [0.1, 0.15) is 0 Å². The number of halogens is 1. The van der Waals surface area contributed by atoms with E-state index in [4.69, 9.17) is 16.7 Å². The normalized spacial score (nSPS) is 11.2. The molecule has 0 aliphatic heterocycles. The second kappa shape index (κ2) is 7.02. The van der Waals surface area contributed by atoms with Crippen LogP contribution < -0.4 is 4.72 Å². The van der Waals surface area contributed by atoms with E-state index < -0.39 is 16.0 Å². The van der Waals surface area contributed by atoms with Crippen LogP contribution >= 0.6 is 11.6 Å². The van der Waals surface area contributed by atoms with Gasteiger partial charge in [-0.05, 0) is 48.7 Å². The third kappa shape index (κ3) is 4.46. The van der Waals surface area contributed by atoms with E-state index in [9.17, 15) is 13.2 Å². The molecule has 0 bridgehead atoms. The molecule has 0 spiro atoms. The van der Waals surface area contributed by atoms with Crippen molar-refractivity contribution < 1.29 is 18.3 Å². The summed E-state index contributed by atoms with van der Waals surface area (Å²) in [6.07, 6.45) is 0.364. The van der Waals surface area contributed by atoms with Gasteiger partial charge in [0.15, 0.2) is 0 Å². The molecule has 0 aliphatic carbocycles. The molecule has 23 heavy (non-hydrogen) atoms. The highest BCUT2D eigenvalue weighted by atomic mass is 35.5. The predicted molar refractivity (Wildman–Crippen MR) is 89.4 cm³/mol. The van der Waals surface area contributed by atoms with E-state index in [1.807, 2.05) is 0 Å². The zero-order chi connectivity index (χ0) is 17.0. The van der Waals surface area contributed by atoms with Gasteiger partial charge in [0.2, 0.25) is 0 Å². The Morgan fingerprint density at radius 3 is 2.43 bits per heavy atom. The number of nitrogens with one attached hydrogen (secondary N) is 1. The van der Waals surface area contributed by atoms with Crippen LogP contribution in [0.2, 0.25) is 5.02 Å². The second-order valence-electron chi connectivity index (χ2n) is 5.06. The lowest BCUT2D eigenvalue weighted by molar-refractivity contribution is -0.136. The van der Waals surface area contributed by atoms with Crippen LogP contribution in [-0.4, -0.2) is 19.5 Å². The minimum absolute atomic E-state index is 0.00601. The number of sulfonamides is 1. The zero-order valence-electron chi connectivity index (χ0n) is 12.4. The van der Waals surface area contributed by atoms with Crippen LogP contribution in [0.5, 0.6) is 0 Å². The fraction of sp³-hybridized carbons (Fsp3) is 0.188. The van der Waals surface area contributed by atoms with E-state index in [1.54, 1.807) is 37.3 Å². The Morgan fingerprint density at radius 2 is 1.83 bits per heavy atom. The molecule has 0 atom stereocenters. The van der Waals surface area contributed by atoms with Gasteiger partial charge in [-0.25, -0.2) is 8.42 Å². The summed E-state index contributed by atoms with van der Waals surface area (Å²) < 4.78 is 27.3. The fourth-order valence-corrected chi connectivity index (χ4v) is 3.31. The van der Waals surface area contributed by atoms with Crippen LogP contribution in [0.4, 0.5) is 5.69 Å². The van der Waals surface area contributed by atoms with Crippen molar-refractivity contribution in [3.05, 3.63) is 58.6 Å². The van der Waals surface area contributed by atoms with E-state index in [-0.39, 0.29) is 11.3 Å². The van der Waals surface area contributed by atoms with Crippen LogP contribution in [0.1, 0.15) is 17.5 Å². The Bertz CT molecular complexity index is 816. The summed E-state index contributed by atoms with van der Waals surface area (Å²) in [6.45, 7) is 1.73. The third-order valence-electron chi connectivity index (χ3n) is 3.37. The van der Waals surface area contributed by atoms with Crippen molar-refractivity contribution in [2.24, 2.45) is 0 Å². The van der Waals surface area contributed by atoms with Gasteiger partial charge >= 0.3 is 5.97 Å². The number of carboxylic acids is 1. The first kappa shape index (κ1) is 17.3. The van der Waals surface area contributed by atoms with E-state index in [1.165, 1.54) is 12.1 Å². The summed E-state index contributed by atoms with van der Waals surface area (Å²) in [5.41, 5.74) is 1.84. The number of carboxylic acid groups (broad SMARTS) is 1. The summed E-state index contributed by atoms with van der Waals surface area (Å²) in [7, 11) is -3.73. The molecule has 0 radical (unpaired) electrons. The van der Waals surface area contributed by atoms with Gasteiger partial charge in [-0.15, -0.1) is 0 Å². The number of aryl methyl sites for hydroxylation is 1. The maximum absolute atomic E-state index is 12.4. The number of carbonyl (C=O) groups is 1. The SMILES string of the molecule is Cc1c(Cl)cccc1NS(=O)(=O)c1ccc(CCC(=O)O)cc1. The molecule has 0 unspecified atom stereocenters. The molecule has 0 amide bonds. The van der Waals surface area contributed by atoms with E-state index in [0.717, 1.165) is 5.56 Å². The molecule has 2 rings (SSSR count). The molecule has 2 aromatic carbocycles. The smallest absolute Gasteiger partial charge is 0.303 e. The quantitative estimate of drug-likeness (QED) is 0.832. The molecule has 2 N–H and O–H groups in total. The maximum Gasteiger partial charge on any atom is 0.303 e. The van der Waals surface area contributed by atoms with Crippen molar-refractivity contribution >= 4 is 33.3 Å². The maximum atomic E-state index is 12.4. The van der Waals surface area contributed by atoms with Crippen LogP contribution in [-0.2, 0) is 21.2 Å². The minimum atomic E-state index is -3.73. The van der Waals surface area contributed by atoms with Crippen molar-refractivity contribution in [1.29, 1.82) is 0 Å². The number of anilines is 1. The monoisotopic (exact) mass is 353 g/mol. The van der Waals surface area contributed by atoms with Crippen LogP contribution in [0.15, 0.2) is 47.4 Å². The lowest BCUT2D eigenvalue weighted by Gasteiger charge is -2.11. The standard InChI is InChI=1S/C16H16ClNO4S/c1-11-14(17)3-2-4-15(11)18-23(21,22)13-8-5-12(6-9-13)7-10-16(19)20/h2-6,8-9,18H,7,10H2,1H3,(H,19,20). The molecular formula is C16H16ClNO4S. The van der Waals surface area contributed by atoms with Crippen LogP contribution in [0, 0.1) is 6.92 Å². The van der Waals surface area contributed by atoms with E-state index >= 15 is 0 Å². The first-order valence-electron chi connectivity index (χ1n) is 6.88. The highest BCUT2D eigenvalue weighted by molar-refractivity contribution is 7.92. The average molecular weight is 354 g/mol. The van der Waals surface area contributed by atoms with Gasteiger partial charge in [0.05, 0.1) is 10.6 Å². The molecule has 0 aliphatic rings. The van der Waals surface area contributed by atoms with Crippen molar-refractivity contribution in [2.45, 2.75) is 24.7 Å². The third-order valence-corrected chi connectivity index (χ3v) is 5.16. The lowest BCUT2D eigenvalue weighted by Crippen LogP contribution is -2.13. The van der Waals surface area contributed by atoms with E-state index in [2.05, 4.69) is 4.72 Å². The van der Waals surface area contributed by atoms with Gasteiger partial charge in [-0.1, -0.05) is 29.8 Å². The number of hydrogen-bond donors (Lipinski definition) is 2. The van der Waals surface area contributed by atoms with Crippen LogP contribution in [0.3, 0.4) is 0 Å². The summed E-state index contributed by atoms with van der Waals surface area (Å²) in [6, 6.07) is 11.1. The van der Waals surface area contributed by atoms with Crippen LogP contribution in [0.25, 0.3) is 0 Å². The number of hydrogen-bond acceptors (Lipinski definition) is 3. The molecular weight excluding hydrogens is 338 g/mol. The molecule has 0 heterocycles. The highest BCUT2D eigenvalue weighted by Crippen LogP contribution is 2.25. The Kier molecular flexibility index (Phi) is 5.28. The van der Waals surface area contributed by atoms with Gasteiger partial charge in [-0.3, -0.25) is 9.52 Å². The first-order valence-corrected chi connectivity index (χ1v) is 8.74. The summed E-state index contributed by atoms with van der Waals surface area (Å²) >= 11 is 5.99. The number of rotatable bonds is 6. The molecule has 7 heteroatoms. The summed E-state index contributed by atoms with van der Waals surface area (Å²) in [4.78, 5) is 10.7. The predicted octanol–water partition coefficient (Wildman–Crippen LogP) is 3.47. The lowest BCUT2D eigenvalue weighted by atomic mass is 10.1. The van der Waals surface area contributed by atoms with Gasteiger partial charge in [0.25, 0.3) is 10.0 Å². The van der Waals surface area contributed by atoms with Crippen molar-refractivity contribution in [3.63, 3.8) is 0 Å².